The monoisotopic (exact) mass is 458 g/mol. The Morgan fingerprint density at radius 1 is 1.00 bits per heavy atom. The van der Waals surface area contributed by atoms with Crippen LogP contribution in [0, 0.1) is 10.8 Å². The van der Waals surface area contributed by atoms with Gasteiger partial charge >= 0.3 is 11.9 Å². The number of rotatable bonds is 4. The second kappa shape index (κ2) is 15.9. The van der Waals surface area contributed by atoms with Gasteiger partial charge in [0.2, 0.25) is 9.23 Å². The van der Waals surface area contributed by atoms with Gasteiger partial charge in [-0.05, 0) is 23.7 Å². The molecular formula is C15H33Cl3N2O5S. The molecule has 0 saturated carbocycles. The lowest BCUT2D eigenvalue weighted by Crippen LogP contribution is -2.35. The van der Waals surface area contributed by atoms with Crippen molar-refractivity contribution in [2.45, 2.75) is 66.5 Å². The van der Waals surface area contributed by atoms with Gasteiger partial charge in [-0.15, -0.1) is 12.4 Å². The number of carbonyl (C=O) groups excluding carboxylic acids is 1. The number of methoxy groups -OCH3 is 1. The van der Waals surface area contributed by atoms with Gasteiger partial charge in [0.05, 0.1) is 7.11 Å². The second-order valence-electron chi connectivity index (χ2n) is 7.79. The molecule has 0 fully saturated rings. The highest BCUT2D eigenvalue weighted by molar-refractivity contribution is 8.26. The van der Waals surface area contributed by atoms with Crippen molar-refractivity contribution < 1.29 is 23.6 Å². The zero-order valence-electron chi connectivity index (χ0n) is 16.4. The molecule has 0 heterocycles. The third-order valence-corrected chi connectivity index (χ3v) is 2.49. The molecule has 0 aliphatic carbocycles. The first kappa shape index (κ1) is 33.5. The molecule has 0 unspecified atom stereocenters. The first-order valence-corrected chi connectivity index (χ1v) is 10.3. The van der Waals surface area contributed by atoms with E-state index in [1.807, 2.05) is 41.5 Å². The SMILES string of the molecule is CC(C)(C)C[C@@H](N)C(=O)O.COC(=O)[C@H](N)CC(C)(C)C.Cl.O=S(Cl)Cl. The van der Waals surface area contributed by atoms with Gasteiger partial charge in [0.15, 0.2) is 0 Å². The smallest absolute Gasteiger partial charge is 0.322 e. The third kappa shape index (κ3) is 31.6. The summed E-state index contributed by atoms with van der Waals surface area (Å²) in [6.07, 6.45) is 1.17. The quantitative estimate of drug-likeness (QED) is 0.434. The number of aliphatic carboxylic acids is 1. The van der Waals surface area contributed by atoms with Crippen molar-refractivity contribution in [3.05, 3.63) is 0 Å². The number of hydrogen-bond acceptors (Lipinski definition) is 6. The summed E-state index contributed by atoms with van der Waals surface area (Å²) < 4.78 is 13.6. The highest BCUT2D eigenvalue weighted by Crippen LogP contribution is 2.20. The van der Waals surface area contributed by atoms with Gasteiger partial charge in [-0.25, -0.2) is 4.21 Å². The van der Waals surface area contributed by atoms with Crippen LogP contribution in [0.25, 0.3) is 0 Å². The number of hydrogen-bond donors (Lipinski definition) is 3. The Morgan fingerprint density at radius 2 is 1.27 bits per heavy atom. The van der Waals surface area contributed by atoms with E-state index in [4.69, 9.17) is 20.8 Å². The summed E-state index contributed by atoms with van der Waals surface area (Å²) in [5.41, 5.74) is 10.9. The van der Waals surface area contributed by atoms with E-state index in [1.165, 1.54) is 7.11 Å². The number of halogens is 3. The Kier molecular flexibility index (Phi) is 20.5. The number of carboxylic acids is 1. The number of carbonyl (C=O) groups is 2. The summed E-state index contributed by atoms with van der Waals surface area (Å²) in [6.45, 7) is 12.0. The highest BCUT2D eigenvalue weighted by atomic mass is 36.0. The summed E-state index contributed by atoms with van der Waals surface area (Å²) in [7, 11) is 8.71. The molecule has 0 amide bonds. The fraction of sp³-hybridized carbons (Fsp3) is 0.867. The Morgan fingerprint density at radius 3 is 1.42 bits per heavy atom. The molecule has 0 aromatic rings. The summed E-state index contributed by atoms with van der Waals surface area (Å²) >= 11 is 0. The summed E-state index contributed by atoms with van der Waals surface area (Å²) in [5.74, 6) is -1.25. The Bertz CT molecular complexity index is 422. The van der Waals surface area contributed by atoms with Crippen LogP contribution in [0.2, 0.25) is 0 Å². The van der Waals surface area contributed by atoms with Crippen molar-refractivity contribution >= 4 is 54.9 Å². The molecule has 0 radical (unpaired) electrons. The molecule has 11 heteroatoms. The van der Waals surface area contributed by atoms with Gasteiger partial charge in [0.1, 0.15) is 12.1 Å². The largest absolute Gasteiger partial charge is 0.480 e. The fourth-order valence-corrected chi connectivity index (χ4v) is 1.64. The predicted octanol–water partition coefficient (Wildman–Crippen LogP) is 3.22. The van der Waals surface area contributed by atoms with Crippen molar-refractivity contribution in [2.24, 2.45) is 22.3 Å². The topological polar surface area (TPSA) is 133 Å². The molecule has 0 aliphatic heterocycles. The minimum atomic E-state index is -1.67. The van der Waals surface area contributed by atoms with Crippen molar-refractivity contribution in [3.63, 3.8) is 0 Å². The van der Waals surface area contributed by atoms with Crippen molar-refractivity contribution in [3.8, 4) is 0 Å². The Balaban J connectivity index is -0.000000150. The van der Waals surface area contributed by atoms with Crippen LogP contribution in [-0.2, 0) is 23.6 Å². The molecule has 0 aromatic carbocycles. The molecule has 0 rings (SSSR count). The summed E-state index contributed by atoms with van der Waals surface area (Å²) in [6, 6.07) is -1.21. The average molecular weight is 460 g/mol. The zero-order chi connectivity index (χ0) is 21.0. The number of esters is 1. The molecule has 0 aromatic heterocycles. The lowest BCUT2D eigenvalue weighted by Gasteiger charge is -2.21. The van der Waals surface area contributed by atoms with Gasteiger partial charge in [0.25, 0.3) is 0 Å². The minimum Gasteiger partial charge on any atom is -0.480 e. The van der Waals surface area contributed by atoms with Crippen LogP contribution in [0.4, 0.5) is 0 Å². The van der Waals surface area contributed by atoms with E-state index in [0.29, 0.717) is 12.8 Å². The Hall–Kier alpha value is -0.120. The van der Waals surface area contributed by atoms with Gasteiger partial charge < -0.3 is 21.3 Å². The van der Waals surface area contributed by atoms with E-state index in [-0.39, 0.29) is 29.2 Å². The summed E-state index contributed by atoms with van der Waals surface area (Å²) in [5, 5.41) is 8.42. The van der Waals surface area contributed by atoms with Gasteiger partial charge in [0, 0.05) is 21.4 Å². The van der Waals surface area contributed by atoms with Crippen LogP contribution in [0.5, 0.6) is 0 Å². The first-order valence-electron chi connectivity index (χ1n) is 7.49. The second-order valence-corrected chi connectivity index (χ2v) is 10.3. The minimum absolute atomic E-state index is 0. The van der Waals surface area contributed by atoms with Crippen LogP contribution in [0.3, 0.4) is 0 Å². The van der Waals surface area contributed by atoms with Gasteiger partial charge in [-0.3, -0.25) is 9.59 Å². The van der Waals surface area contributed by atoms with E-state index in [2.05, 4.69) is 26.1 Å². The maximum Gasteiger partial charge on any atom is 0.322 e. The van der Waals surface area contributed by atoms with E-state index in [9.17, 15) is 9.59 Å². The number of ether oxygens (including phenoxy) is 1. The molecule has 0 bridgehead atoms. The van der Waals surface area contributed by atoms with Crippen LogP contribution in [0.15, 0.2) is 0 Å². The van der Waals surface area contributed by atoms with Crippen LogP contribution >= 0.6 is 33.8 Å². The maximum atomic E-state index is 10.8. The predicted molar refractivity (Wildman–Crippen MR) is 111 cm³/mol. The standard InChI is InChI=1S/C8H17NO2.C7H15NO2.Cl2OS.ClH/c1-8(2,3)5-6(9)7(10)11-4;1-7(2,3)4-5(8)6(9)10;1-4(2)3;/h6H,5,9H2,1-4H3;5H,4,8H2,1-3H3,(H,9,10);;1H/t6-;5-;;/m11../s1. The molecule has 0 aliphatic rings. The van der Waals surface area contributed by atoms with E-state index < -0.39 is 27.3 Å². The van der Waals surface area contributed by atoms with Crippen molar-refractivity contribution in [1.29, 1.82) is 0 Å². The van der Waals surface area contributed by atoms with E-state index in [1.54, 1.807) is 0 Å². The zero-order valence-corrected chi connectivity index (χ0v) is 19.5. The van der Waals surface area contributed by atoms with Crippen molar-refractivity contribution in [1.82, 2.24) is 0 Å². The maximum absolute atomic E-state index is 10.8. The molecule has 0 saturated heterocycles. The summed E-state index contributed by atoms with van der Waals surface area (Å²) in [4.78, 5) is 21.1. The number of carboxylic acid groups (broad SMARTS) is 1. The molecule has 5 N–H and O–H groups in total. The lowest BCUT2D eigenvalue weighted by molar-refractivity contribution is -0.143. The van der Waals surface area contributed by atoms with Crippen LogP contribution in [-0.4, -0.2) is 40.4 Å². The van der Waals surface area contributed by atoms with Crippen LogP contribution < -0.4 is 11.5 Å². The molecule has 2 atom stereocenters. The molecular weight excluding hydrogens is 427 g/mol. The van der Waals surface area contributed by atoms with Crippen molar-refractivity contribution in [2.75, 3.05) is 7.11 Å². The van der Waals surface area contributed by atoms with Gasteiger partial charge in [-0.1, -0.05) is 41.5 Å². The molecule has 26 heavy (non-hydrogen) atoms. The van der Waals surface area contributed by atoms with Crippen LogP contribution in [0.1, 0.15) is 54.4 Å². The lowest BCUT2D eigenvalue weighted by atomic mass is 9.88. The normalized spacial score (nSPS) is 13.1. The highest BCUT2D eigenvalue weighted by Gasteiger charge is 2.21. The third-order valence-electron chi connectivity index (χ3n) is 2.49. The molecule has 0 spiro atoms. The molecule has 7 nitrogen and oxygen atoms in total. The number of nitrogens with two attached hydrogens (primary N) is 2. The fourth-order valence-electron chi connectivity index (χ4n) is 1.64. The molecule has 160 valence electrons. The van der Waals surface area contributed by atoms with E-state index >= 15 is 0 Å². The first-order chi connectivity index (χ1) is 10.9. The Labute approximate surface area is 174 Å². The average Bonchev–Trinajstić information content (AvgIpc) is 2.33. The van der Waals surface area contributed by atoms with E-state index in [0.717, 1.165) is 0 Å². The van der Waals surface area contributed by atoms with Gasteiger partial charge in [-0.2, -0.15) is 0 Å².